The summed E-state index contributed by atoms with van der Waals surface area (Å²) in [6, 6.07) is 3.08. The standard InChI is InChI=1S/C14H17ClFNO3/c1-8(12(18)19)17(4)13(20)14(2,3)10-6-5-9(15)7-11(10)16/h5-8H,1-4H3,(H,18,19). The van der Waals surface area contributed by atoms with Gasteiger partial charge < -0.3 is 10.0 Å². The Labute approximate surface area is 122 Å². The van der Waals surface area contributed by atoms with Gasteiger partial charge in [0.1, 0.15) is 11.9 Å². The molecule has 6 heteroatoms. The lowest BCUT2D eigenvalue weighted by atomic mass is 9.82. The minimum absolute atomic E-state index is 0.177. The minimum Gasteiger partial charge on any atom is -0.480 e. The molecular weight excluding hydrogens is 285 g/mol. The molecule has 1 N–H and O–H groups in total. The van der Waals surface area contributed by atoms with Gasteiger partial charge in [-0.25, -0.2) is 9.18 Å². The number of nitrogens with zero attached hydrogens (tertiary/aromatic N) is 1. The summed E-state index contributed by atoms with van der Waals surface area (Å²) >= 11 is 5.69. The molecule has 0 radical (unpaired) electrons. The molecule has 0 aliphatic carbocycles. The highest BCUT2D eigenvalue weighted by atomic mass is 35.5. The van der Waals surface area contributed by atoms with E-state index in [0.717, 1.165) is 11.0 Å². The molecule has 0 fully saturated rings. The molecule has 0 heterocycles. The van der Waals surface area contributed by atoms with Crippen molar-refractivity contribution in [2.45, 2.75) is 32.2 Å². The number of rotatable bonds is 4. The Balaban J connectivity index is 3.15. The number of carboxylic acids is 1. The fourth-order valence-corrected chi connectivity index (χ4v) is 2.05. The Hall–Kier alpha value is -1.62. The zero-order chi connectivity index (χ0) is 15.7. The average Bonchev–Trinajstić information content (AvgIpc) is 2.35. The van der Waals surface area contributed by atoms with E-state index in [2.05, 4.69) is 0 Å². The van der Waals surface area contributed by atoms with Crippen molar-refractivity contribution < 1.29 is 19.1 Å². The predicted octanol–water partition coefficient (Wildman–Crippen LogP) is 2.69. The summed E-state index contributed by atoms with van der Waals surface area (Å²) in [5.41, 5.74) is -1.01. The number of carbonyl (C=O) groups is 2. The summed E-state index contributed by atoms with van der Waals surface area (Å²) in [7, 11) is 1.39. The van der Waals surface area contributed by atoms with Crippen LogP contribution in [0.5, 0.6) is 0 Å². The van der Waals surface area contributed by atoms with Crippen LogP contribution in [0.2, 0.25) is 5.02 Å². The van der Waals surface area contributed by atoms with E-state index in [-0.39, 0.29) is 10.6 Å². The Morgan fingerprint density at radius 2 is 1.95 bits per heavy atom. The van der Waals surface area contributed by atoms with Gasteiger partial charge in [0.2, 0.25) is 5.91 Å². The zero-order valence-electron chi connectivity index (χ0n) is 11.8. The quantitative estimate of drug-likeness (QED) is 0.930. The number of carboxylic acid groups (broad SMARTS) is 1. The van der Waals surface area contributed by atoms with Crippen LogP contribution in [-0.4, -0.2) is 35.0 Å². The first-order valence-electron chi connectivity index (χ1n) is 6.04. The molecule has 0 saturated heterocycles. The second kappa shape index (κ2) is 5.79. The number of halogens is 2. The molecule has 1 rings (SSSR count). The van der Waals surface area contributed by atoms with E-state index in [4.69, 9.17) is 16.7 Å². The minimum atomic E-state index is -1.19. The molecule has 0 aliphatic heterocycles. The normalized spacial score (nSPS) is 12.9. The molecule has 1 atom stereocenters. The monoisotopic (exact) mass is 301 g/mol. The summed E-state index contributed by atoms with van der Waals surface area (Å²) in [5, 5.41) is 9.18. The predicted molar refractivity (Wildman–Crippen MR) is 74.3 cm³/mol. The first-order valence-corrected chi connectivity index (χ1v) is 6.42. The van der Waals surface area contributed by atoms with Crippen LogP contribution < -0.4 is 0 Å². The summed E-state index contributed by atoms with van der Waals surface area (Å²) in [6.45, 7) is 4.49. The van der Waals surface area contributed by atoms with Gasteiger partial charge in [-0.05, 0) is 32.9 Å². The smallest absolute Gasteiger partial charge is 0.326 e. The number of hydrogen-bond acceptors (Lipinski definition) is 2. The molecule has 20 heavy (non-hydrogen) atoms. The van der Waals surface area contributed by atoms with Gasteiger partial charge in [0.25, 0.3) is 0 Å². The lowest BCUT2D eigenvalue weighted by Crippen LogP contribution is -2.48. The maximum absolute atomic E-state index is 14.0. The van der Waals surface area contributed by atoms with Crippen LogP contribution in [-0.2, 0) is 15.0 Å². The SMILES string of the molecule is CC(C(=O)O)N(C)C(=O)C(C)(C)c1ccc(Cl)cc1F. The average molecular weight is 302 g/mol. The maximum Gasteiger partial charge on any atom is 0.326 e. The third-order valence-electron chi connectivity index (χ3n) is 3.40. The molecular formula is C14H17ClFNO3. The van der Waals surface area contributed by atoms with Gasteiger partial charge in [0.15, 0.2) is 0 Å². The number of aliphatic carboxylic acids is 1. The van der Waals surface area contributed by atoms with Crippen molar-refractivity contribution in [1.29, 1.82) is 0 Å². The molecule has 1 unspecified atom stereocenters. The highest BCUT2D eigenvalue weighted by molar-refractivity contribution is 6.30. The Morgan fingerprint density at radius 1 is 1.40 bits per heavy atom. The second-order valence-electron chi connectivity index (χ2n) is 5.18. The van der Waals surface area contributed by atoms with Gasteiger partial charge in [-0.3, -0.25) is 4.79 Å². The molecule has 0 aliphatic rings. The fraction of sp³-hybridized carbons (Fsp3) is 0.429. The topological polar surface area (TPSA) is 57.6 Å². The van der Waals surface area contributed by atoms with E-state index in [0.29, 0.717) is 0 Å². The van der Waals surface area contributed by atoms with Crippen molar-refractivity contribution in [3.05, 3.63) is 34.6 Å². The van der Waals surface area contributed by atoms with Crippen LogP contribution in [0.1, 0.15) is 26.3 Å². The van der Waals surface area contributed by atoms with Crippen molar-refractivity contribution in [2.75, 3.05) is 7.05 Å². The number of carbonyl (C=O) groups excluding carboxylic acids is 1. The largest absolute Gasteiger partial charge is 0.480 e. The Bertz CT molecular complexity index is 545. The van der Waals surface area contributed by atoms with Crippen molar-refractivity contribution in [3.63, 3.8) is 0 Å². The van der Waals surface area contributed by atoms with Crippen LogP contribution in [0.3, 0.4) is 0 Å². The Kier molecular flexibility index (Phi) is 4.76. The summed E-state index contributed by atoms with van der Waals surface area (Å²) < 4.78 is 14.0. The number of amides is 1. The van der Waals surface area contributed by atoms with Crippen LogP contribution in [0.4, 0.5) is 4.39 Å². The first-order chi connectivity index (χ1) is 9.09. The van der Waals surface area contributed by atoms with Gasteiger partial charge in [-0.15, -0.1) is 0 Å². The van der Waals surface area contributed by atoms with E-state index in [1.807, 2.05) is 0 Å². The Morgan fingerprint density at radius 3 is 2.40 bits per heavy atom. The van der Waals surface area contributed by atoms with Gasteiger partial charge in [0.05, 0.1) is 5.41 Å². The van der Waals surface area contributed by atoms with Crippen LogP contribution >= 0.6 is 11.6 Å². The van der Waals surface area contributed by atoms with E-state index in [1.54, 1.807) is 13.8 Å². The third-order valence-corrected chi connectivity index (χ3v) is 3.63. The van der Waals surface area contributed by atoms with E-state index < -0.39 is 29.2 Å². The highest BCUT2D eigenvalue weighted by Crippen LogP contribution is 2.29. The molecule has 0 aromatic heterocycles. The van der Waals surface area contributed by atoms with Gasteiger partial charge in [-0.2, -0.15) is 0 Å². The molecule has 1 aromatic carbocycles. The van der Waals surface area contributed by atoms with E-state index >= 15 is 0 Å². The van der Waals surface area contributed by atoms with Crippen molar-refractivity contribution in [1.82, 2.24) is 4.90 Å². The van der Waals surface area contributed by atoms with E-state index in [1.165, 1.54) is 26.1 Å². The highest BCUT2D eigenvalue weighted by Gasteiger charge is 2.37. The maximum atomic E-state index is 14.0. The number of likely N-dealkylation sites (N-methyl/N-ethyl adjacent to an activating group) is 1. The molecule has 0 saturated carbocycles. The zero-order valence-corrected chi connectivity index (χ0v) is 12.5. The van der Waals surface area contributed by atoms with Gasteiger partial charge in [0, 0.05) is 17.6 Å². The van der Waals surface area contributed by atoms with Crippen LogP contribution in [0.25, 0.3) is 0 Å². The molecule has 4 nitrogen and oxygen atoms in total. The molecule has 1 amide bonds. The van der Waals surface area contributed by atoms with E-state index in [9.17, 15) is 14.0 Å². The van der Waals surface area contributed by atoms with Crippen molar-refractivity contribution in [3.8, 4) is 0 Å². The summed E-state index contributed by atoms with van der Waals surface area (Å²) in [4.78, 5) is 24.4. The van der Waals surface area contributed by atoms with Crippen LogP contribution in [0, 0.1) is 5.82 Å². The second-order valence-corrected chi connectivity index (χ2v) is 5.62. The van der Waals surface area contributed by atoms with Gasteiger partial charge >= 0.3 is 5.97 Å². The molecule has 0 spiro atoms. The van der Waals surface area contributed by atoms with Crippen LogP contribution in [0.15, 0.2) is 18.2 Å². The molecule has 1 aromatic rings. The number of hydrogen-bond donors (Lipinski definition) is 1. The lowest BCUT2D eigenvalue weighted by molar-refractivity contribution is -0.150. The molecule has 110 valence electrons. The van der Waals surface area contributed by atoms with Crippen molar-refractivity contribution in [2.24, 2.45) is 0 Å². The van der Waals surface area contributed by atoms with Crippen molar-refractivity contribution >= 4 is 23.5 Å². The fourth-order valence-electron chi connectivity index (χ4n) is 1.89. The van der Waals surface area contributed by atoms with Gasteiger partial charge in [-0.1, -0.05) is 17.7 Å². The first kappa shape index (κ1) is 16.4. The molecule has 0 bridgehead atoms. The summed E-state index contributed by atoms with van der Waals surface area (Å²) in [6.07, 6.45) is 0. The summed E-state index contributed by atoms with van der Waals surface area (Å²) in [5.74, 6) is -2.19. The lowest BCUT2D eigenvalue weighted by Gasteiger charge is -2.32. The third kappa shape index (κ3) is 3.10. The number of benzene rings is 1.